The van der Waals surface area contributed by atoms with Gasteiger partial charge in [-0.05, 0) is 30.5 Å². The van der Waals surface area contributed by atoms with Gasteiger partial charge in [0.15, 0.2) is 0 Å². The van der Waals surface area contributed by atoms with Gasteiger partial charge >= 0.3 is 0 Å². The third-order valence-electron chi connectivity index (χ3n) is 3.17. The molecule has 2 rings (SSSR count). The fraction of sp³-hybridized carbons (Fsp3) is 0.538. The summed E-state index contributed by atoms with van der Waals surface area (Å²) in [6, 6.07) is 7.80. The SMILES string of the molecule is CS(=O)(=O)O[C@H]1CCN(CCc2ccc(Cl)cc2)C1. The summed E-state index contributed by atoms with van der Waals surface area (Å²) >= 11 is 5.84. The molecule has 19 heavy (non-hydrogen) atoms. The van der Waals surface area contributed by atoms with E-state index in [4.69, 9.17) is 15.8 Å². The van der Waals surface area contributed by atoms with Crippen molar-refractivity contribution in [3.05, 3.63) is 34.9 Å². The molecule has 1 aliphatic rings. The number of nitrogens with zero attached hydrogens (tertiary/aromatic N) is 1. The van der Waals surface area contributed by atoms with Crippen LogP contribution in [0.4, 0.5) is 0 Å². The molecule has 1 saturated heterocycles. The summed E-state index contributed by atoms with van der Waals surface area (Å²) in [5.41, 5.74) is 1.23. The predicted molar refractivity (Wildman–Crippen MR) is 75.9 cm³/mol. The van der Waals surface area contributed by atoms with Gasteiger partial charge in [-0.2, -0.15) is 8.42 Å². The fourth-order valence-corrected chi connectivity index (χ4v) is 3.04. The van der Waals surface area contributed by atoms with E-state index in [0.717, 1.165) is 37.2 Å². The summed E-state index contributed by atoms with van der Waals surface area (Å²) in [4.78, 5) is 2.23. The standard InChI is InChI=1S/C13H18ClNO3S/c1-19(16,17)18-13-7-9-15(10-13)8-6-11-2-4-12(14)5-3-11/h2-5,13H,6-10H2,1H3/t13-/m0/s1. The topological polar surface area (TPSA) is 46.6 Å². The summed E-state index contributed by atoms with van der Waals surface area (Å²) in [7, 11) is -3.34. The van der Waals surface area contributed by atoms with Crippen molar-refractivity contribution in [1.29, 1.82) is 0 Å². The van der Waals surface area contributed by atoms with Crippen LogP contribution in [0.15, 0.2) is 24.3 Å². The van der Waals surface area contributed by atoms with Gasteiger partial charge in [0.1, 0.15) is 0 Å². The Kier molecular flexibility index (Phi) is 4.84. The van der Waals surface area contributed by atoms with Crippen LogP contribution in [-0.2, 0) is 20.7 Å². The Hall–Kier alpha value is -0.620. The van der Waals surface area contributed by atoms with E-state index in [1.54, 1.807) is 0 Å². The summed E-state index contributed by atoms with van der Waals surface area (Å²) < 4.78 is 27.1. The van der Waals surface area contributed by atoms with Gasteiger partial charge in [-0.25, -0.2) is 0 Å². The number of hydrogen-bond donors (Lipinski definition) is 0. The quantitative estimate of drug-likeness (QED) is 0.780. The van der Waals surface area contributed by atoms with E-state index in [0.29, 0.717) is 6.54 Å². The number of benzene rings is 1. The zero-order chi connectivity index (χ0) is 13.9. The van der Waals surface area contributed by atoms with Crippen molar-refractivity contribution in [2.24, 2.45) is 0 Å². The molecule has 1 heterocycles. The Morgan fingerprint density at radius 3 is 2.68 bits per heavy atom. The van der Waals surface area contributed by atoms with Gasteiger partial charge < -0.3 is 4.90 Å². The number of rotatable bonds is 5. The summed E-state index contributed by atoms with van der Waals surface area (Å²) in [5, 5.41) is 0.742. The van der Waals surface area contributed by atoms with Crippen LogP contribution in [0.1, 0.15) is 12.0 Å². The minimum Gasteiger partial charge on any atom is -0.300 e. The van der Waals surface area contributed by atoms with Gasteiger partial charge in [0.2, 0.25) is 0 Å². The van der Waals surface area contributed by atoms with Crippen LogP contribution in [-0.4, -0.2) is 45.3 Å². The second-order valence-corrected chi connectivity index (χ2v) is 6.93. The van der Waals surface area contributed by atoms with Gasteiger partial charge in [-0.3, -0.25) is 4.18 Å². The molecule has 0 amide bonds. The molecule has 0 spiro atoms. The average molecular weight is 304 g/mol. The lowest BCUT2D eigenvalue weighted by Gasteiger charge is -2.15. The maximum absolute atomic E-state index is 11.1. The van der Waals surface area contributed by atoms with Crippen molar-refractivity contribution >= 4 is 21.7 Å². The Morgan fingerprint density at radius 2 is 2.05 bits per heavy atom. The number of likely N-dealkylation sites (tertiary alicyclic amines) is 1. The lowest BCUT2D eigenvalue weighted by atomic mass is 10.1. The molecule has 6 heteroatoms. The van der Waals surface area contributed by atoms with E-state index in [1.165, 1.54) is 5.56 Å². The Morgan fingerprint density at radius 1 is 1.37 bits per heavy atom. The highest BCUT2D eigenvalue weighted by atomic mass is 35.5. The van der Waals surface area contributed by atoms with E-state index in [1.807, 2.05) is 24.3 Å². The van der Waals surface area contributed by atoms with Crippen LogP contribution in [0.25, 0.3) is 0 Å². The van der Waals surface area contributed by atoms with Crippen LogP contribution < -0.4 is 0 Å². The molecule has 1 fully saturated rings. The monoisotopic (exact) mass is 303 g/mol. The van der Waals surface area contributed by atoms with Crippen LogP contribution in [0.3, 0.4) is 0 Å². The van der Waals surface area contributed by atoms with Crippen molar-refractivity contribution in [3.63, 3.8) is 0 Å². The molecule has 106 valence electrons. The highest BCUT2D eigenvalue weighted by molar-refractivity contribution is 7.86. The molecule has 0 bridgehead atoms. The van der Waals surface area contributed by atoms with Gasteiger partial charge in [-0.1, -0.05) is 23.7 Å². The molecule has 1 aliphatic heterocycles. The highest BCUT2D eigenvalue weighted by Crippen LogP contribution is 2.16. The second-order valence-electron chi connectivity index (χ2n) is 4.89. The van der Waals surface area contributed by atoms with Crippen LogP contribution in [0, 0.1) is 0 Å². The molecule has 1 aromatic rings. The van der Waals surface area contributed by atoms with E-state index in [2.05, 4.69) is 4.90 Å². The first-order valence-corrected chi connectivity index (χ1v) is 8.47. The number of hydrogen-bond acceptors (Lipinski definition) is 4. The first kappa shape index (κ1) is 14.8. The first-order valence-electron chi connectivity index (χ1n) is 6.27. The van der Waals surface area contributed by atoms with E-state index in [-0.39, 0.29) is 6.10 Å². The van der Waals surface area contributed by atoms with Crippen LogP contribution >= 0.6 is 11.6 Å². The molecule has 0 unspecified atom stereocenters. The van der Waals surface area contributed by atoms with E-state index in [9.17, 15) is 8.42 Å². The predicted octanol–water partition coefficient (Wildman–Crippen LogP) is 1.93. The van der Waals surface area contributed by atoms with Crippen molar-refractivity contribution in [2.75, 3.05) is 25.9 Å². The summed E-state index contributed by atoms with van der Waals surface area (Å²) in [6.07, 6.45) is 2.61. The maximum Gasteiger partial charge on any atom is 0.264 e. The molecule has 0 saturated carbocycles. The Bertz CT molecular complexity index is 515. The zero-order valence-corrected chi connectivity index (χ0v) is 12.5. The maximum atomic E-state index is 11.1. The third-order valence-corrected chi connectivity index (χ3v) is 4.04. The lowest BCUT2D eigenvalue weighted by Crippen LogP contribution is -2.26. The van der Waals surface area contributed by atoms with Crippen LogP contribution in [0.5, 0.6) is 0 Å². The van der Waals surface area contributed by atoms with Crippen molar-refractivity contribution in [1.82, 2.24) is 4.90 Å². The average Bonchev–Trinajstić information content (AvgIpc) is 2.73. The minimum absolute atomic E-state index is 0.194. The third kappa shape index (κ3) is 5.10. The smallest absolute Gasteiger partial charge is 0.264 e. The Labute approximate surface area is 119 Å². The molecule has 0 N–H and O–H groups in total. The van der Waals surface area contributed by atoms with Crippen molar-refractivity contribution in [3.8, 4) is 0 Å². The molecule has 4 nitrogen and oxygen atoms in total. The molecule has 0 aliphatic carbocycles. The molecule has 1 aromatic carbocycles. The molecular formula is C13H18ClNO3S. The zero-order valence-electron chi connectivity index (χ0n) is 10.9. The fourth-order valence-electron chi connectivity index (χ4n) is 2.26. The van der Waals surface area contributed by atoms with Crippen LogP contribution in [0.2, 0.25) is 5.02 Å². The number of halogens is 1. The molecule has 0 radical (unpaired) electrons. The molecular weight excluding hydrogens is 286 g/mol. The lowest BCUT2D eigenvalue weighted by molar-refractivity contribution is 0.209. The van der Waals surface area contributed by atoms with Crippen molar-refractivity contribution in [2.45, 2.75) is 18.9 Å². The van der Waals surface area contributed by atoms with Gasteiger partial charge in [0.05, 0.1) is 12.4 Å². The first-order chi connectivity index (χ1) is 8.92. The highest BCUT2D eigenvalue weighted by Gasteiger charge is 2.25. The largest absolute Gasteiger partial charge is 0.300 e. The normalized spacial score (nSPS) is 20.8. The Balaban J connectivity index is 1.78. The molecule has 1 atom stereocenters. The second kappa shape index (κ2) is 6.22. The molecule has 0 aromatic heterocycles. The summed E-state index contributed by atoms with van der Waals surface area (Å²) in [5.74, 6) is 0. The van der Waals surface area contributed by atoms with Gasteiger partial charge in [0, 0.05) is 24.7 Å². The van der Waals surface area contributed by atoms with E-state index < -0.39 is 10.1 Å². The van der Waals surface area contributed by atoms with E-state index >= 15 is 0 Å². The van der Waals surface area contributed by atoms with Crippen molar-refractivity contribution < 1.29 is 12.6 Å². The van der Waals surface area contributed by atoms with Gasteiger partial charge in [-0.15, -0.1) is 0 Å². The summed E-state index contributed by atoms with van der Waals surface area (Å²) in [6.45, 7) is 2.47. The van der Waals surface area contributed by atoms with Gasteiger partial charge in [0.25, 0.3) is 10.1 Å². The minimum atomic E-state index is -3.34.